The minimum absolute atomic E-state index is 0.394. The van der Waals surface area contributed by atoms with Crippen molar-refractivity contribution in [2.24, 2.45) is 0 Å². The molecule has 0 saturated heterocycles. The van der Waals surface area contributed by atoms with Gasteiger partial charge in [-0.2, -0.15) is 0 Å². The molecule has 0 radical (unpaired) electrons. The molecule has 0 bridgehead atoms. The molecular formula is C15H12O2S. The number of carboxylic acids is 1. The van der Waals surface area contributed by atoms with E-state index in [2.05, 4.69) is 12.1 Å². The van der Waals surface area contributed by atoms with Crippen molar-refractivity contribution in [3.8, 4) is 11.1 Å². The molecule has 1 aliphatic rings. The number of hydrogen-bond acceptors (Lipinski definition) is 2. The van der Waals surface area contributed by atoms with Crippen LogP contribution in [-0.2, 0) is 5.75 Å². The molecule has 0 unspecified atom stereocenters. The van der Waals surface area contributed by atoms with Gasteiger partial charge in [0.25, 0.3) is 0 Å². The molecule has 0 atom stereocenters. The van der Waals surface area contributed by atoms with Crippen molar-refractivity contribution in [2.45, 2.75) is 17.6 Å². The molecule has 0 aromatic heterocycles. The van der Waals surface area contributed by atoms with Crippen molar-refractivity contribution in [2.75, 3.05) is 0 Å². The van der Waals surface area contributed by atoms with Crippen LogP contribution < -0.4 is 0 Å². The Kier molecular flexibility index (Phi) is 2.63. The first-order valence-corrected chi connectivity index (χ1v) is 6.74. The van der Waals surface area contributed by atoms with E-state index in [1.54, 1.807) is 17.8 Å². The molecule has 2 nitrogen and oxygen atoms in total. The van der Waals surface area contributed by atoms with Crippen LogP contribution in [0.25, 0.3) is 11.1 Å². The average molecular weight is 256 g/mol. The van der Waals surface area contributed by atoms with Crippen LogP contribution in [0.5, 0.6) is 0 Å². The Morgan fingerprint density at radius 2 is 2.00 bits per heavy atom. The van der Waals surface area contributed by atoms with Gasteiger partial charge in [0.2, 0.25) is 0 Å². The number of benzene rings is 2. The van der Waals surface area contributed by atoms with E-state index in [1.807, 2.05) is 25.1 Å². The Hall–Kier alpha value is -1.74. The number of aryl methyl sites for hydroxylation is 1. The van der Waals surface area contributed by atoms with Crippen LogP contribution in [0.3, 0.4) is 0 Å². The second-order valence-corrected chi connectivity index (χ2v) is 5.43. The molecule has 1 aliphatic heterocycles. The van der Waals surface area contributed by atoms with Crippen LogP contribution in [-0.4, -0.2) is 11.1 Å². The van der Waals surface area contributed by atoms with Crippen molar-refractivity contribution in [3.63, 3.8) is 0 Å². The van der Waals surface area contributed by atoms with Crippen molar-refractivity contribution in [3.05, 3.63) is 53.1 Å². The van der Waals surface area contributed by atoms with E-state index in [-0.39, 0.29) is 0 Å². The first kappa shape index (κ1) is 11.4. The van der Waals surface area contributed by atoms with Gasteiger partial charge >= 0.3 is 5.97 Å². The van der Waals surface area contributed by atoms with Gasteiger partial charge in [-0.3, -0.25) is 0 Å². The van der Waals surface area contributed by atoms with E-state index in [4.69, 9.17) is 0 Å². The largest absolute Gasteiger partial charge is 0.478 e. The van der Waals surface area contributed by atoms with Crippen LogP contribution in [0.1, 0.15) is 21.5 Å². The minimum Gasteiger partial charge on any atom is -0.478 e. The summed E-state index contributed by atoms with van der Waals surface area (Å²) in [6, 6.07) is 12.0. The molecule has 18 heavy (non-hydrogen) atoms. The van der Waals surface area contributed by atoms with Crippen molar-refractivity contribution < 1.29 is 9.90 Å². The number of thioether (sulfide) groups is 1. The third-order valence-electron chi connectivity index (χ3n) is 3.25. The molecular weight excluding hydrogens is 244 g/mol. The highest BCUT2D eigenvalue weighted by Gasteiger charge is 2.19. The minimum atomic E-state index is -0.858. The van der Waals surface area contributed by atoms with Gasteiger partial charge in [0, 0.05) is 10.6 Å². The number of carboxylic acid groups (broad SMARTS) is 1. The van der Waals surface area contributed by atoms with Gasteiger partial charge in [0.1, 0.15) is 0 Å². The van der Waals surface area contributed by atoms with Crippen LogP contribution in [0, 0.1) is 6.92 Å². The fourth-order valence-corrected chi connectivity index (χ4v) is 3.45. The van der Waals surface area contributed by atoms with E-state index < -0.39 is 5.97 Å². The summed E-state index contributed by atoms with van der Waals surface area (Å²) in [5, 5.41) is 9.21. The van der Waals surface area contributed by atoms with Crippen LogP contribution in [0.4, 0.5) is 0 Å². The van der Waals surface area contributed by atoms with Gasteiger partial charge in [-0.15, -0.1) is 11.8 Å². The number of rotatable bonds is 1. The monoisotopic (exact) mass is 256 g/mol. The molecule has 3 heteroatoms. The Morgan fingerprint density at radius 1 is 1.22 bits per heavy atom. The van der Waals surface area contributed by atoms with E-state index in [9.17, 15) is 9.90 Å². The summed E-state index contributed by atoms with van der Waals surface area (Å²) in [6.45, 7) is 1.85. The molecule has 3 rings (SSSR count). The van der Waals surface area contributed by atoms with E-state index >= 15 is 0 Å². The summed E-state index contributed by atoms with van der Waals surface area (Å²) in [5.74, 6) is 0.0954. The Labute approximate surface area is 110 Å². The van der Waals surface area contributed by atoms with Crippen LogP contribution in [0.15, 0.2) is 41.3 Å². The number of fused-ring (bicyclic) bond motifs is 3. The third kappa shape index (κ3) is 1.71. The molecule has 90 valence electrons. The van der Waals surface area contributed by atoms with Gasteiger partial charge in [-0.05, 0) is 41.3 Å². The fourth-order valence-electron chi connectivity index (χ4n) is 2.31. The predicted molar refractivity (Wildman–Crippen MR) is 73.1 cm³/mol. The Balaban J connectivity index is 2.26. The van der Waals surface area contributed by atoms with Gasteiger partial charge in [0.15, 0.2) is 0 Å². The highest BCUT2D eigenvalue weighted by Crippen LogP contribution is 2.42. The standard InChI is InChI=1S/C15H12O2S/c1-9-6-14-13(7-12(9)15(16)17)11-5-3-2-4-10(11)8-18-14/h2-7H,8H2,1H3,(H,16,17). The first-order chi connectivity index (χ1) is 8.66. The lowest BCUT2D eigenvalue weighted by molar-refractivity contribution is 0.0696. The average Bonchev–Trinajstić information content (AvgIpc) is 2.37. The van der Waals surface area contributed by atoms with E-state index in [1.165, 1.54) is 10.5 Å². The van der Waals surface area contributed by atoms with E-state index in [0.29, 0.717) is 5.56 Å². The van der Waals surface area contributed by atoms with E-state index in [0.717, 1.165) is 22.4 Å². The smallest absolute Gasteiger partial charge is 0.335 e. The second kappa shape index (κ2) is 4.18. The molecule has 1 heterocycles. The molecule has 0 amide bonds. The van der Waals surface area contributed by atoms with Crippen LogP contribution >= 0.6 is 11.8 Å². The van der Waals surface area contributed by atoms with Gasteiger partial charge in [-0.1, -0.05) is 24.3 Å². The maximum absolute atomic E-state index is 11.2. The summed E-state index contributed by atoms with van der Waals surface area (Å²) in [5.41, 5.74) is 4.70. The predicted octanol–water partition coefficient (Wildman–Crippen LogP) is 3.97. The Bertz CT molecular complexity index is 647. The zero-order valence-corrected chi connectivity index (χ0v) is 10.8. The molecule has 0 fully saturated rings. The number of hydrogen-bond donors (Lipinski definition) is 1. The van der Waals surface area contributed by atoms with Crippen molar-refractivity contribution >= 4 is 17.7 Å². The van der Waals surface area contributed by atoms with Gasteiger partial charge in [-0.25, -0.2) is 4.79 Å². The normalized spacial score (nSPS) is 12.7. The highest BCUT2D eigenvalue weighted by atomic mass is 32.2. The summed E-state index contributed by atoms with van der Waals surface area (Å²) in [4.78, 5) is 12.4. The lowest BCUT2D eigenvalue weighted by atomic mass is 9.96. The third-order valence-corrected chi connectivity index (χ3v) is 4.35. The number of aromatic carboxylic acids is 1. The SMILES string of the molecule is Cc1cc2c(cc1C(=O)O)-c1ccccc1CS2. The summed E-state index contributed by atoms with van der Waals surface area (Å²) < 4.78 is 0. The van der Waals surface area contributed by atoms with Crippen molar-refractivity contribution in [1.29, 1.82) is 0 Å². The molecule has 2 aromatic carbocycles. The number of carbonyl (C=O) groups is 1. The zero-order chi connectivity index (χ0) is 12.7. The Morgan fingerprint density at radius 3 is 2.78 bits per heavy atom. The molecule has 1 N–H and O–H groups in total. The zero-order valence-electron chi connectivity index (χ0n) is 9.93. The first-order valence-electron chi connectivity index (χ1n) is 5.76. The van der Waals surface area contributed by atoms with Gasteiger partial charge in [0.05, 0.1) is 5.56 Å². The summed E-state index contributed by atoms with van der Waals surface area (Å²) in [7, 11) is 0. The molecule has 2 aromatic rings. The lowest BCUT2D eigenvalue weighted by Crippen LogP contribution is -2.03. The lowest BCUT2D eigenvalue weighted by Gasteiger charge is -2.20. The van der Waals surface area contributed by atoms with Crippen LogP contribution in [0.2, 0.25) is 0 Å². The fraction of sp³-hybridized carbons (Fsp3) is 0.133. The quantitative estimate of drug-likeness (QED) is 0.839. The summed E-state index contributed by atoms with van der Waals surface area (Å²) >= 11 is 1.77. The van der Waals surface area contributed by atoms with Crippen molar-refractivity contribution in [1.82, 2.24) is 0 Å². The summed E-state index contributed by atoms with van der Waals surface area (Å²) in [6.07, 6.45) is 0. The van der Waals surface area contributed by atoms with Gasteiger partial charge < -0.3 is 5.11 Å². The molecule has 0 saturated carbocycles. The molecule has 0 spiro atoms. The highest BCUT2D eigenvalue weighted by molar-refractivity contribution is 7.98. The topological polar surface area (TPSA) is 37.3 Å². The maximum Gasteiger partial charge on any atom is 0.335 e. The maximum atomic E-state index is 11.2. The molecule has 0 aliphatic carbocycles. The second-order valence-electron chi connectivity index (χ2n) is 4.41.